The van der Waals surface area contributed by atoms with Crippen molar-refractivity contribution in [2.24, 2.45) is 11.1 Å². The molecule has 1 aromatic heterocycles. The van der Waals surface area contributed by atoms with Gasteiger partial charge in [-0.3, -0.25) is 0 Å². The molecule has 0 aliphatic heterocycles. The van der Waals surface area contributed by atoms with E-state index in [2.05, 4.69) is 18.8 Å². The first-order valence-electron chi connectivity index (χ1n) is 4.48. The van der Waals surface area contributed by atoms with Crippen molar-refractivity contribution < 1.29 is 8.42 Å². The first-order chi connectivity index (χ1) is 6.43. The summed E-state index contributed by atoms with van der Waals surface area (Å²) in [6.07, 6.45) is 4.00. The monoisotopic (exact) mass is 217 g/mol. The van der Waals surface area contributed by atoms with Crippen LogP contribution in [0.25, 0.3) is 0 Å². The van der Waals surface area contributed by atoms with Gasteiger partial charge in [0.2, 0.25) is 0 Å². The number of nitrogens with two attached hydrogens (primary N) is 1. The fourth-order valence-corrected chi connectivity index (χ4v) is 1.55. The van der Waals surface area contributed by atoms with Crippen LogP contribution in [0.15, 0.2) is 17.6 Å². The van der Waals surface area contributed by atoms with Crippen molar-refractivity contribution in [2.75, 3.05) is 0 Å². The van der Waals surface area contributed by atoms with Gasteiger partial charge in [-0.05, 0) is 5.92 Å². The van der Waals surface area contributed by atoms with Crippen molar-refractivity contribution in [3.05, 3.63) is 12.5 Å². The van der Waals surface area contributed by atoms with Crippen LogP contribution in [0.4, 0.5) is 0 Å². The van der Waals surface area contributed by atoms with Crippen LogP contribution in [0, 0.1) is 5.92 Å². The molecular formula is C8H15N3O2S. The maximum atomic E-state index is 10.9. The third kappa shape index (κ3) is 2.81. The molecule has 1 unspecified atom stereocenters. The molecule has 1 rings (SSSR count). The molecule has 0 radical (unpaired) electrons. The highest BCUT2D eigenvalue weighted by Crippen LogP contribution is 2.07. The van der Waals surface area contributed by atoms with E-state index in [0.717, 1.165) is 13.0 Å². The zero-order chi connectivity index (χ0) is 10.8. The maximum Gasteiger partial charge on any atom is 0.257 e. The minimum Gasteiger partial charge on any atom is -0.336 e. The van der Waals surface area contributed by atoms with E-state index in [1.807, 2.05) is 0 Å². The van der Waals surface area contributed by atoms with Gasteiger partial charge in [-0.2, -0.15) is 0 Å². The number of rotatable bonds is 4. The maximum absolute atomic E-state index is 10.9. The molecule has 2 N–H and O–H groups in total. The van der Waals surface area contributed by atoms with Gasteiger partial charge in [-0.15, -0.1) is 0 Å². The Balaban J connectivity index is 2.79. The summed E-state index contributed by atoms with van der Waals surface area (Å²) in [4.78, 5) is 3.72. The molecule has 1 atom stereocenters. The lowest BCUT2D eigenvalue weighted by atomic mass is 10.1. The molecule has 80 valence electrons. The van der Waals surface area contributed by atoms with Gasteiger partial charge in [-0.25, -0.2) is 18.5 Å². The normalized spacial score (nSPS) is 14.2. The molecule has 14 heavy (non-hydrogen) atoms. The number of hydrogen-bond donors (Lipinski definition) is 1. The molecule has 6 heteroatoms. The Kier molecular flexibility index (Phi) is 3.28. The number of aromatic nitrogens is 2. The molecule has 0 bridgehead atoms. The van der Waals surface area contributed by atoms with Crippen LogP contribution in [-0.4, -0.2) is 18.0 Å². The van der Waals surface area contributed by atoms with Gasteiger partial charge in [0, 0.05) is 12.7 Å². The van der Waals surface area contributed by atoms with E-state index in [9.17, 15) is 8.42 Å². The summed E-state index contributed by atoms with van der Waals surface area (Å²) in [5.41, 5.74) is 0. The van der Waals surface area contributed by atoms with Gasteiger partial charge in [0.25, 0.3) is 10.0 Å². The topological polar surface area (TPSA) is 78.0 Å². The molecule has 0 aliphatic rings. The number of sulfonamides is 1. The van der Waals surface area contributed by atoms with Crippen LogP contribution in [0.1, 0.15) is 20.3 Å². The standard InChI is InChI=1S/C8H15N3O2S/c1-3-7(2)4-11-5-8(10-6-11)14(9,12)13/h5-7H,3-4H2,1-2H3,(H2,9,12,13). The van der Waals surface area contributed by atoms with Gasteiger partial charge in [0.05, 0.1) is 6.33 Å². The zero-order valence-electron chi connectivity index (χ0n) is 8.34. The Hall–Kier alpha value is -0.880. The third-order valence-electron chi connectivity index (χ3n) is 2.12. The average molecular weight is 217 g/mol. The number of nitrogens with zero attached hydrogens (tertiary/aromatic N) is 2. The number of imidazole rings is 1. The summed E-state index contributed by atoms with van der Waals surface area (Å²) in [5.74, 6) is 0.498. The van der Waals surface area contributed by atoms with E-state index in [1.165, 1.54) is 12.5 Å². The van der Waals surface area contributed by atoms with Crippen LogP contribution < -0.4 is 5.14 Å². The first kappa shape index (κ1) is 11.2. The number of primary sulfonamides is 1. The molecule has 0 amide bonds. The smallest absolute Gasteiger partial charge is 0.257 e. The summed E-state index contributed by atoms with van der Waals surface area (Å²) >= 11 is 0. The third-order valence-corrected chi connectivity index (χ3v) is 2.91. The van der Waals surface area contributed by atoms with Crippen molar-refractivity contribution in [2.45, 2.75) is 31.8 Å². The summed E-state index contributed by atoms with van der Waals surface area (Å²) in [6.45, 7) is 4.94. The summed E-state index contributed by atoms with van der Waals surface area (Å²) in [7, 11) is -3.66. The second kappa shape index (κ2) is 4.10. The van der Waals surface area contributed by atoms with Crippen LogP contribution in [0.2, 0.25) is 0 Å². The highest BCUT2D eigenvalue weighted by molar-refractivity contribution is 7.89. The van der Waals surface area contributed by atoms with Gasteiger partial charge in [0.15, 0.2) is 5.03 Å². The van der Waals surface area contributed by atoms with Crippen molar-refractivity contribution in [1.29, 1.82) is 0 Å². The molecule has 0 spiro atoms. The SMILES string of the molecule is CCC(C)Cn1cnc(S(N)(=O)=O)c1. The summed E-state index contributed by atoms with van der Waals surface area (Å²) < 4.78 is 23.6. The molecule has 1 heterocycles. The Morgan fingerprint density at radius 2 is 2.29 bits per heavy atom. The second-order valence-electron chi connectivity index (χ2n) is 3.47. The van der Waals surface area contributed by atoms with Crippen molar-refractivity contribution in [3.63, 3.8) is 0 Å². The molecule has 0 fully saturated rings. The van der Waals surface area contributed by atoms with E-state index in [0.29, 0.717) is 5.92 Å². The number of hydrogen-bond acceptors (Lipinski definition) is 3. The van der Waals surface area contributed by atoms with E-state index in [4.69, 9.17) is 5.14 Å². The molecule has 1 aromatic rings. The summed E-state index contributed by atoms with van der Waals surface area (Å²) in [5, 5.41) is 4.86. The Bertz CT molecular complexity index is 396. The summed E-state index contributed by atoms with van der Waals surface area (Å²) in [6, 6.07) is 0. The molecule has 0 aliphatic carbocycles. The molecule has 0 saturated heterocycles. The predicted molar refractivity (Wildman–Crippen MR) is 53.1 cm³/mol. The van der Waals surface area contributed by atoms with Crippen molar-refractivity contribution in [1.82, 2.24) is 9.55 Å². The van der Waals surface area contributed by atoms with E-state index < -0.39 is 10.0 Å². The minimum absolute atomic E-state index is 0.0687. The van der Waals surface area contributed by atoms with Crippen LogP contribution in [0.5, 0.6) is 0 Å². The van der Waals surface area contributed by atoms with Gasteiger partial charge >= 0.3 is 0 Å². The van der Waals surface area contributed by atoms with Crippen molar-refractivity contribution >= 4 is 10.0 Å². The van der Waals surface area contributed by atoms with E-state index in [-0.39, 0.29) is 5.03 Å². The Morgan fingerprint density at radius 1 is 1.64 bits per heavy atom. The van der Waals surface area contributed by atoms with Crippen LogP contribution >= 0.6 is 0 Å². The van der Waals surface area contributed by atoms with Gasteiger partial charge in [0.1, 0.15) is 0 Å². The second-order valence-corrected chi connectivity index (χ2v) is 4.98. The fourth-order valence-electron chi connectivity index (χ4n) is 1.08. The van der Waals surface area contributed by atoms with E-state index >= 15 is 0 Å². The lowest BCUT2D eigenvalue weighted by Crippen LogP contribution is -2.12. The lowest BCUT2D eigenvalue weighted by molar-refractivity contribution is 0.468. The van der Waals surface area contributed by atoms with Gasteiger partial charge in [-0.1, -0.05) is 20.3 Å². The molecule has 0 aromatic carbocycles. The van der Waals surface area contributed by atoms with E-state index in [1.54, 1.807) is 4.57 Å². The predicted octanol–water partition coefficient (Wildman–Crippen LogP) is 0.577. The largest absolute Gasteiger partial charge is 0.336 e. The first-order valence-corrected chi connectivity index (χ1v) is 6.02. The van der Waals surface area contributed by atoms with Gasteiger partial charge < -0.3 is 4.57 Å². The Labute approximate surface area is 84.0 Å². The minimum atomic E-state index is -3.66. The quantitative estimate of drug-likeness (QED) is 0.801. The molecule has 0 saturated carbocycles. The zero-order valence-corrected chi connectivity index (χ0v) is 9.16. The molecular weight excluding hydrogens is 202 g/mol. The highest BCUT2D eigenvalue weighted by Gasteiger charge is 2.11. The van der Waals surface area contributed by atoms with Crippen LogP contribution in [-0.2, 0) is 16.6 Å². The lowest BCUT2D eigenvalue weighted by Gasteiger charge is -2.07. The highest BCUT2D eigenvalue weighted by atomic mass is 32.2. The fraction of sp³-hybridized carbons (Fsp3) is 0.625. The molecule has 5 nitrogen and oxygen atoms in total. The average Bonchev–Trinajstić information content (AvgIpc) is 2.51. The van der Waals surface area contributed by atoms with Crippen LogP contribution in [0.3, 0.4) is 0 Å². The van der Waals surface area contributed by atoms with Crippen molar-refractivity contribution in [3.8, 4) is 0 Å². The Morgan fingerprint density at radius 3 is 2.71 bits per heavy atom.